The third kappa shape index (κ3) is 9.02. The van der Waals surface area contributed by atoms with Crippen molar-refractivity contribution in [3.8, 4) is 0 Å². The number of likely N-dealkylation sites (tertiary alicyclic amines) is 1. The van der Waals surface area contributed by atoms with E-state index in [0.717, 1.165) is 88.3 Å². The first-order chi connectivity index (χ1) is 26.3. The number of halogens is 3. The van der Waals surface area contributed by atoms with Gasteiger partial charge in [-0.15, -0.1) is 0 Å². The second-order valence-corrected chi connectivity index (χ2v) is 17.0. The van der Waals surface area contributed by atoms with Crippen molar-refractivity contribution < 1.29 is 36.0 Å². The summed E-state index contributed by atoms with van der Waals surface area (Å²) < 4.78 is 72.6. The number of nitro benzene ring substituents is 1. The summed E-state index contributed by atoms with van der Waals surface area (Å²) in [5.74, 6) is -0.549. The first-order valence-corrected chi connectivity index (χ1v) is 20.5. The molecule has 296 valence electrons. The quantitative estimate of drug-likeness (QED) is 0.128. The Morgan fingerprint density at radius 2 is 1.64 bits per heavy atom. The molecular formula is C39H47F3N6O6S. The Labute approximate surface area is 319 Å². The van der Waals surface area contributed by atoms with E-state index >= 15 is 0 Å². The molecular weight excluding hydrogens is 738 g/mol. The molecule has 1 spiro atoms. The predicted molar refractivity (Wildman–Crippen MR) is 203 cm³/mol. The van der Waals surface area contributed by atoms with Gasteiger partial charge in [0.2, 0.25) is 0 Å². The van der Waals surface area contributed by atoms with E-state index in [9.17, 15) is 36.5 Å². The molecule has 3 heterocycles. The maximum absolute atomic E-state index is 13.1. The molecule has 3 aliphatic heterocycles. The van der Waals surface area contributed by atoms with Gasteiger partial charge in [0.1, 0.15) is 12.2 Å². The minimum Gasteiger partial charge on any atom is -0.381 e. The molecule has 0 radical (unpaired) electrons. The Morgan fingerprint density at radius 1 is 0.927 bits per heavy atom. The van der Waals surface area contributed by atoms with Gasteiger partial charge in [-0.2, -0.15) is 13.2 Å². The van der Waals surface area contributed by atoms with E-state index in [-0.39, 0.29) is 27.6 Å². The van der Waals surface area contributed by atoms with Crippen LogP contribution in [0.25, 0.3) is 0 Å². The zero-order valence-corrected chi connectivity index (χ0v) is 31.3. The monoisotopic (exact) mass is 784 g/mol. The third-order valence-electron chi connectivity index (χ3n) is 11.8. The number of piperidine rings is 1. The number of hydrogen-bond donors (Lipinski definition) is 3. The van der Waals surface area contributed by atoms with Crippen molar-refractivity contribution in [2.24, 2.45) is 11.3 Å². The lowest BCUT2D eigenvalue weighted by atomic mass is 9.60. The molecule has 7 rings (SSSR count). The van der Waals surface area contributed by atoms with E-state index in [0.29, 0.717) is 37.4 Å². The molecule has 4 fully saturated rings. The fourth-order valence-corrected chi connectivity index (χ4v) is 9.77. The van der Waals surface area contributed by atoms with Gasteiger partial charge in [-0.3, -0.25) is 19.8 Å². The summed E-state index contributed by atoms with van der Waals surface area (Å²) >= 11 is 0. The Kier molecular flexibility index (Phi) is 11.3. The van der Waals surface area contributed by atoms with Gasteiger partial charge < -0.3 is 20.3 Å². The van der Waals surface area contributed by atoms with Crippen molar-refractivity contribution in [2.45, 2.75) is 74.5 Å². The number of amides is 1. The van der Waals surface area contributed by atoms with Gasteiger partial charge in [-0.05, 0) is 117 Å². The molecule has 55 heavy (non-hydrogen) atoms. The zero-order chi connectivity index (χ0) is 38.8. The topological polar surface area (TPSA) is 146 Å². The summed E-state index contributed by atoms with van der Waals surface area (Å²) in [5.41, 5.74) is 2.59. The van der Waals surface area contributed by atoms with Crippen LogP contribution in [-0.2, 0) is 14.8 Å². The lowest BCUT2D eigenvalue weighted by Crippen LogP contribution is -2.54. The van der Waals surface area contributed by atoms with Gasteiger partial charge in [0.25, 0.3) is 21.6 Å². The van der Waals surface area contributed by atoms with E-state index in [1.54, 1.807) is 36.4 Å². The molecule has 1 atom stereocenters. The van der Waals surface area contributed by atoms with Crippen LogP contribution in [0.3, 0.4) is 0 Å². The molecule has 3 N–H and O–H groups in total. The van der Waals surface area contributed by atoms with Crippen LogP contribution >= 0.6 is 0 Å². The van der Waals surface area contributed by atoms with Gasteiger partial charge in [-0.25, -0.2) is 13.1 Å². The highest BCUT2D eigenvalue weighted by atomic mass is 32.2. The van der Waals surface area contributed by atoms with Crippen LogP contribution in [0.5, 0.6) is 0 Å². The van der Waals surface area contributed by atoms with Gasteiger partial charge >= 0.3 is 6.18 Å². The fourth-order valence-electron chi connectivity index (χ4n) is 8.77. The number of nitro groups is 1. The van der Waals surface area contributed by atoms with E-state index in [2.05, 4.69) is 20.4 Å². The van der Waals surface area contributed by atoms with E-state index in [1.807, 2.05) is 16.9 Å². The number of hydrogen-bond acceptors (Lipinski definition) is 10. The molecule has 1 amide bonds. The molecule has 16 heteroatoms. The second-order valence-electron chi connectivity index (χ2n) is 15.4. The van der Waals surface area contributed by atoms with Crippen LogP contribution in [0.15, 0.2) is 71.6 Å². The molecule has 3 aromatic carbocycles. The van der Waals surface area contributed by atoms with Gasteiger partial charge in [0, 0.05) is 67.9 Å². The smallest absolute Gasteiger partial charge is 0.381 e. The number of benzene rings is 3. The standard InChI is InChI=1S/C39H47F3N6O6S/c40-39(41,42)26-44-33-5-2-1-4-32(33)35-6-3-17-47(35)30-23-38(24-30)15-18-46(19-16-38)29-9-7-28(8-10-29)37(49)45-55(52,53)31-11-12-34(36(22-31)48(50)51)43-25-27-13-20-54-21-14-27/h1-2,4-5,7-12,22,27,30,35,43-44H,3,6,13-21,23-26H2,(H,45,49)/t35-/m0/s1. The number of carbonyl (C=O) groups excluding carboxylic acids is 1. The van der Waals surface area contributed by atoms with Gasteiger partial charge in [0.15, 0.2) is 0 Å². The van der Waals surface area contributed by atoms with E-state index in [4.69, 9.17) is 4.74 Å². The molecule has 3 aromatic rings. The molecule has 0 bridgehead atoms. The van der Waals surface area contributed by atoms with Crippen LogP contribution in [0.4, 0.5) is 35.9 Å². The summed E-state index contributed by atoms with van der Waals surface area (Å²) in [7, 11) is -4.40. The van der Waals surface area contributed by atoms with Crippen LogP contribution in [0, 0.1) is 21.4 Å². The average Bonchev–Trinajstić information content (AvgIpc) is 3.65. The van der Waals surface area contributed by atoms with Crippen molar-refractivity contribution in [1.29, 1.82) is 0 Å². The number of nitrogens with one attached hydrogen (secondary N) is 3. The van der Waals surface area contributed by atoms with Crippen molar-refractivity contribution in [1.82, 2.24) is 9.62 Å². The van der Waals surface area contributed by atoms with E-state index < -0.39 is 39.3 Å². The Bertz CT molecular complexity index is 1960. The molecule has 3 saturated heterocycles. The molecule has 4 aliphatic rings. The highest BCUT2D eigenvalue weighted by Crippen LogP contribution is 2.54. The number of rotatable bonds is 12. The highest BCUT2D eigenvalue weighted by Gasteiger charge is 2.50. The number of carbonyl (C=O) groups is 1. The lowest BCUT2D eigenvalue weighted by molar-refractivity contribution is -0.384. The summed E-state index contributed by atoms with van der Waals surface area (Å²) in [4.78, 5) is 28.6. The van der Waals surface area contributed by atoms with Crippen molar-refractivity contribution in [3.05, 3.63) is 88.0 Å². The minimum absolute atomic E-state index is 0.0960. The first-order valence-electron chi connectivity index (χ1n) is 19.0. The number of ether oxygens (including phenoxy) is 1. The number of anilines is 3. The summed E-state index contributed by atoms with van der Waals surface area (Å²) in [6.07, 6.45) is 3.43. The lowest BCUT2D eigenvalue weighted by Gasteiger charge is -2.56. The first kappa shape index (κ1) is 38.8. The van der Waals surface area contributed by atoms with Gasteiger partial charge in [0.05, 0.1) is 9.82 Å². The summed E-state index contributed by atoms with van der Waals surface area (Å²) in [6.45, 7) is 3.31. The fraction of sp³-hybridized carbons (Fsp3) is 0.513. The molecule has 0 aromatic heterocycles. The number of sulfonamides is 1. The Balaban J connectivity index is 0.913. The highest BCUT2D eigenvalue weighted by molar-refractivity contribution is 7.90. The Hall–Kier alpha value is -4.41. The molecule has 1 aliphatic carbocycles. The minimum atomic E-state index is -4.40. The van der Waals surface area contributed by atoms with E-state index in [1.165, 1.54) is 12.1 Å². The number of para-hydroxylation sites is 1. The van der Waals surface area contributed by atoms with Crippen LogP contribution < -0.4 is 20.3 Å². The average molecular weight is 785 g/mol. The number of alkyl halides is 3. The third-order valence-corrected chi connectivity index (χ3v) is 13.2. The predicted octanol–water partition coefficient (Wildman–Crippen LogP) is 7.11. The SMILES string of the molecule is O=C(NS(=O)(=O)c1ccc(NCC2CCOCC2)c([N+](=O)[O-])c1)c1ccc(N2CCC3(CC2)CC(N2CCC[C@H]2c2ccccc2NCC(F)(F)F)C3)cc1. The van der Waals surface area contributed by atoms with Gasteiger partial charge in [-0.1, -0.05) is 18.2 Å². The largest absolute Gasteiger partial charge is 0.405 e. The normalized spacial score (nSPS) is 20.9. The van der Waals surface area contributed by atoms with Crippen molar-refractivity contribution >= 4 is 38.7 Å². The molecule has 1 saturated carbocycles. The van der Waals surface area contributed by atoms with Crippen LogP contribution in [0.2, 0.25) is 0 Å². The molecule has 0 unspecified atom stereocenters. The Morgan fingerprint density at radius 3 is 2.33 bits per heavy atom. The summed E-state index contributed by atoms with van der Waals surface area (Å²) in [5, 5.41) is 17.5. The maximum Gasteiger partial charge on any atom is 0.405 e. The second kappa shape index (κ2) is 16.0. The van der Waals surface area contributed by atoms with Crippen LogP contribution in [0.1, 0.15) is 73.3 Å². The van der Waals surface area contributed by atoms with Crippen molar-refractivity contribution in [2.75, 3.05) is 61.5 Å². The van der Waals surface area contributed by atoms with Crippen LogP contribution in [-0.4, -0.2) is 82.3 Å². The van der Waals surface area contributed by atoms with Crippen molar-refractivity contribution in [3.63, 3.8) is 0 Å². The molecule has 12 nitrogen and oxygen atoms in total. The zero-order valence-electron chi connectivity index (χ0n) is 30.5. The maximum atomic E-state index is 13.1. The number of nitrogens with zero attached hydrogens (tertiary/aromatic N) is 3. The summed E-state index contributed by atoms with van der Waals surface area (Å²) in [6, 6.07) is 18.1.